The molecule has 88 valence electrons. The van der Waals surface area contributed by atoms with E-state index in [-0.39, 0.29) is 5.82 Å². The summed E-state index contributed by atoms with van der Waals surface area (Å²) < 4.78 is 24.5. The highest BCUT2D eigenvalue weighted by atomic mass is 19.1. The Kier molecular flexibility index (Phi) is 3.53. The van der Waals surface area contributed by atoms with Gasteiger partial charge in [0.2, 0.25) is 0 Å². The maximum atomic E-state index is 13.2. The topological polar surface area (TPSA) is 30.5 Å². The Bertz CT molecular complexity index is 351. The lowest BCUT2D eigenvalue weighted by molar-refractivity contribution is -0.169. The van der Waals surface area contributed by atoms with Gasteiger partial charge in [0.25, 0.3) is 0 Å². The minimum atomic E-state index is -0.773. The van der Waals surface area contributed by atoms with Crippen LogP contribution in [0.4, 0.5) is 4.39 Å². The van der Waals surface area contributed by atoms with E-state index < -0.39 is 5.79 Å². The van der Waals surface area contributed by atoms with Gasteiger partial charge in [0.1, 0.15) is 5.82 Å². The molecule has 0 aliphatic carbocycles. The van der Waals surface area contributed by atoms with Crippen LogP contribution in [0, 0.1) is 5.82 Å². The van der Waals surface area contributed by atoms with Crippen LogP contribution >= 0.6 is 0 Å². The highest BCUT2D eigenvalue weighted by Gasteiger charge is 2.38. The molecule has 0 bridgehead atoms. The third kappa shape index (κ3) is 2.24. The van der Waals surface area contributed by atoms with E-state index in [9.17, 15) is 4.39 Å². The molecule has 0 radical (unpaired) electrons. The fourth-order valence-electron chi connectivity index (χ4n) is 1.93. The van der Waals surface area contributed by atoms with E-state index in [0.717, 1.165) is 12.1 Å². The maximum absolute atomic E-state index is 13.2. The molecule has 0 atom stereocenters. The largest absolute Gasteiger partial charge is 0.343 e. The molecule has 0 aromatic heterocycles. The number of rotatable bonds is 4. The Labute approximate surface area is 94.6 Å². The SMILES string of the molecule is CNCCC1(c2cccc(F)c2)OCCO1. The zero-order valence-electron chi connectivity index (χ0n) is 9.33. The van der Waals surface area contributed by atoms with Crippen molar-refractivity contribution in [3.63, 3.8) is 0 Å². The Morgan fingerprint density at radius 3 is 2.75 bits per heavy atom. The van der Waals surface area contributed by atoms with Crippen molar-refractivity contribution < 1.29 is 13.9 Å². The van der Waals surface area contributed by atoms with Crippen molar-refractivity contribution in [2.45, 2.75) is 12.2 Å². The summed E-state index contributed by atoms with van der Waals surface area (Å²) in [7, 11) is 1.87. The fraction of sp³-hybridized carbons (Fsp3) is 0.500. The quantitative estimate of drug-likeness (QED) is 0.845. The summed E-state index contributed by atoms with van der Waals surface area (Å²) >= 11 is 0. The number of benzene rings is 1. The Morgan fingerprint density at radius 1 is 1.38 bits per heavy atom. The van der Waals surface area contributed by atoms with Crippen LogP contribution in [0.5, 0.6) is 0 Å². The van der Waals surface area contributed by atoms with Gasteiger partial charge in [-0.1, -0.05) is 12.1 Å². The van der Waals surface area contributed by atoms with E-state index in [4.69, 9.17) is 9.47 Å². The third-order valence-corrected chi connectivity index (χ3v) is 2.72. The van der Waals surface area contributed by atoms with Crippen molar-refractivity contribution in [3.05, 3.63) is 35.6 Å². The lowest BCUT2D eigenvalue weighted by Crippen LogP contribution is -2.31. The molecule has 4 heteroatoms. The zero-order valence-corrected chi connectivity index (χ0v) is 9.33. The van der Waals surface area contributed by atoms with Crippen LogP contribution in [0.1, 0.15) is 12.0 Å². The van der Waals surface area contributed by atoms with Crippen molar-refractivity contribution in [3.8, 4) is 0 Å². The molecule has 0 unspecified atom stereocenters. The molecule has 0 spiro atoms. The van der Waals surface area contributed by atoms with Gasteiger partial charge in [-0.25, -0.2) is 4.39 Å². The summed E-state index contributed by atoms with van der Waals surface area (Å²) in [5, 5.41) is 3.05. The van der Waals surface area contributed by atoms with Gasteiger partial charge in [-0.3, -0.25) is 0 Å². The number of hydrogen-bond donors (Lipinski definition) is 1. The number of ether oxygens (including phenoxy) is 2. The minimum Gasteiger partial charge on any atom is -0.343 e. The second-order valence-corrected chi connectivity index (χ2v) is 3.81. The molecule has 1 saturated heterocycles. The molecule has 1 aliphatic heterocycles. The van der Waals surface area contributed by atoms with Crippen molar-refractivity contribution in [2.75, 3.05) is 26.8 Å². The van der Waals surface area contributed by atoms with Gasteiger partial charge in [-0.2, -0.15) is 0 Å². The summed E-state index contributed by atoms with van der Waals surface area (Å²) in [6.45, 7) is 1.87. The molecule has 1 aliphatic rings. The van der Waals surface area contributed by atoms with E-state index in [2.05, 4.69) is 5.32 Å². The van der Waals surface area contributed by atoms with Crippen LogP contribution < -0.4 is 5.32 Å². The van der Waals surface area contributed by atoms with Crippen molar-refractivity contribution in [2.24, 2.45) is 0 Å². The average molecular weight is 225 g/mol. The first-order valence-electron chi connectivity index (χ1n) is 5.45. The van der Waals surface area contributed by atoms with Crippen molar-refractivity contribution in [1.82, 2.24) is 5.32 Å². The summed E-state index contributed by atoms with van der Waals surface area (Å²) in [5.74, 6) is -1.04. The molecule has 1 N–H and O–H groups in total. The highest BCUT2D eigenvalue weighted by Crippen LogP contribution is 2.34. The monoisotopic (exact) mass is 225 g/mol. The molecule has 3 nitrogen and oxygen atoms in total. The molecule has 0 saturated carbocycles. The molecule has 1 heterocycles. The predicted molar refractivity (Wildman–Crippen MR) is 58.5 cm³/mol. The summed E-state index contributed by atoms with van der Waals surface area (Å²) in [6, 6.07) is 6.41. The lowest BCUT2D eigenvalue weighted by Gasteiger charge is -2.27. The Balaban J connectivity index is 2.24. The highest BCUT2D eigenvalue weighted by molar-refractivity contribution is 5.22. The van der Waals surface area contributed by atoms with Gasteiger partial charge in [-0.05, 0) is 19.2 Å². The van der Waals surface area contributed by atoms with Gasteiger partial charge < -0.3 is 14.8 Å². The third-order valence-electron chi connectivity index (χ3n) is 2.72. The number of halogens is 1. The molecular weight excluding hydrogens is 209 g/mol. The molecular formula is C12H16FNO2. The molecule has 0 amide bonds. The first kappa shape index (κ1) is 11.5. The van der Waals surface area contributed by atoms with E-state index in [1.54, 1.807) is 6.07 Å². The van der Waals surface area contributed by atoms with Crippen molar-refractivity contribution in [1.29, 1.82) is 0 Å². The van der Waals surface area contributed by atoms with Crippen LogP contribution in [0.25, 0.3) is 0 Å². The number of nitrogens with one attached hydrogen (secondary N) is 1. The van der Waals surface area contributed by atoms with Gasteiger partial charge in [0.05, 0.1) is 13.2 Å². The van der Waals surface area contributed by atoms with Crippen LogP contribution in [-0.4, -0.2) is 26.8 Å². The summed E-state index contributed by atoms with van der Waals surface area (Å²) in [4.78, 5) is 0. The predicted octanol–water partition coefficient (Wildman–Crippen LogP) is 1.63. The van der Waals surface area contributed by atoms with E-state index in [0.29, 0.717) is 19.6 Å². The smallest absolute Gasteiger partial charge is 0.196 e. The minimum absolute atomic E-state index is 0.263. The maximum Gasteiger partial charge on any atom is 0.196 e. The molecule has 1 aromatic carbocycles. The van der Waals surface area contributed by atoms with Gasteiger partial charge >= 0.3 is 0 Å². The van der Waals surface area contributed by atoms with E-state index in [1.165, 1.54) is 12.1 Å². The first-order valence-corrected chi connectivity index (χ1v) is 5.45. The Morgan fingerprint density at radius 2 is 2.12 bits per heavy atom. The van der Waals surface area contributed by atoms with Crippen LogP contribution in [-0.2, 0) is 15.3 Å². The summed E-state index contributed by atoms with van der Waals surface area (Å²) in [5.41, 5.74) is 0.750. The van der Waals surface area contributed by atoms with E-state index >= 15 is 0 Å². The Hall–Kier alpha value is -0.970. The van der Waals surface area contributed by atoms with E-state index in [1.807, 2.05) is 13.1 Å². The zero-order chi connectivity index (χ0) is 11.4. The van der Waals surface area contributed by atoms with Gasteiger partial charge in [-0.15, -0.1) is 0 Å². The van der Waals surface area contributed by atoms with Crippen molar-refractivity contribution >= 4 is 0 Å². The average Bonchev–Trinajstić information content (AvgIpc) is 2.76. The lowest BCUT2D eigenvalue weighted by atomic mass is 10.0. The normalized spacial score (nSPS) is 18.9. The standard InChI is InChI=1S/C12H16FNO2/c1-14-6-5-12(15-7-8-16-12)10-3-2-4-11(13)9-10/h2-4,9,14H,5-8H2,1H3. The van der Waals surface area contributed by atoms with Gasteiger partial charge in [0.15, 0.2) is 5.79 Å². The second kappa shape index (κ2) is 4.91. The van der Waals surface area contributed by atoms with Crippen LogP contribution in [0.2, 0.25) is 0 Å². The fourth-order valence-corrected chi connectivity index (χ4v) is 1.93. The second-order valence-electron chi connectivity index (χ2n) is 3.81. The first-order chi connectivity index (χ1) is 7.77. The molecule has 16 heavy (non-hydrogen) atoms. The van der Waals surface area contributed by atoms with Crippen LogP contribution in [0.3, 0.4) is 0 Å². The molecule has 2 rings (SSSR count). The molecule has 1 aromatic rings. The van der Waals surface area contributed by atoms with Crippen LogP contribution in [0.15, 0.2) is 24.3 Å². The summed E-state index contributed by atoms with van der Waals surface area (Å²) in [6.07, 6.45) is 0.674. The molecule has 1 fully saturated rings. The number of hydrogen-bond acceptors (Lipinski definition) is 3. The van der Waals surface area contributed by atoms with Gasteiger partial charge in [0, 0.05) is 18.5 Å².